The smallest absolute Gasteiger partial charge is 0.147 e. The first kappa shape index (κ1) is 13.2. The van der Waals surface area contributed by atoms with Crippen LogP contribution < -0.4 is 0 Å². The van der Waals surface area contributed by atoms with E-state index in [0.29, 0.717) is 6.79 Å². The van der Waals surface area contributed by atoms with Gasteiger partial charge in [0.2, 0.25) is 0 Å². The van der Waals surface area contributed by atoms with Crippen molar-refractivity contribution in [2.75, 3.05) is 13.9 Å². The van der Waals surface area contributed by atoms with E-state index in [1.54, 1.807) is 7.11 Å². The van der Waals surface area contributed by atoms with Gasteiger partial charge in [-0.3, -0.25) is 0 Å². The summed E-state index contributed by atoms with van der Waals surface area (Å²) in [7, 11) is 1.65. The van der Waals surface area contributed by atoms with Crippen LogP contribution in [0.1, 0.15) is 32.1 Å². The Balaban J connectivity index is 2.66. The molecule has 0 N–H and O–H groups in total. The highest BCUT2D eigenvalue weighted by atomic mass is 127. The molecule has 0 saturated carbocycles. The zero-order chi connectivity index (χ0) is 11.1. The lowest BCUT2D eigenvalue weighted by molar-refractivity contribution is -0.0450. The zero-order valence-corrected chi connectivity index (χ0v) is 11.5. The van der Waals surface area contributed by atoms with Crippen molar-refractivity contribution in [3.63, 3.8) is 0 Å². The molecule has 1 rings (SSSR count). The van der Waals surface area contributed by atoms with E-state index < -0.39 is 0 Å². The lowest BCUT2D eigenvalue weighted by atomic mass is 10.0. The van der Waals surface area contributed by atoms with Crippen LogP contribution in [0.25, 0.3) is 0 Å². The van der Waals surface area contributed by atoms with Gasteiger partial charge in [-0.2, -0.15) is 0 Å². The molecule has 2 nitrogen and oxygen atoms in total. The predicted molar refractivity (Wildman–Crippen MR) is 71.1 cm³/mol. The highest BCUT2D eigenvalue weighted by Gasteiger charge is 2.17. The quantitative estimate of drug-likeness (QED) is 0.435. The summed E-state index contributed by atoms with van der Waals surface area (Å²) in [6.07, 6.45) is 8.13. The van der Waals surface area contributed by atoms with Crippen molar-refractivity contribution in [3.05, 3.63) is 21.8 Å². The third kappa shape index (κ3) is 4.25. The predicted octanol–water partition coefficient (Wildman–Crippen LogP) is 3.81. The average molecular weight is 322 g/mol. The molecule has 0 spiro atoms. The van der Waals surface area contributed by atoms with Crippen LogP contribution in [0.15, 0.2) is 21.8 Å². The van der Waals surface area contributed by atoms with Gasteiger partial charge in [0, 0.05) is 7.11 Å². The number of ether oxygens (including phenoxy) is 2. The van der Waals surface area contributed by atoms with Crippen molar-refractivity contribution >= 4 is 22.6 Å². The van der Waals surface area contributed by atoms with E-state index in [2.05, 4.69) is 29.2 Å². The van der Waals surface area contributed by atoms with Crippen LogP contribution in [0.3, 0.4) is 0 Å². The second-order valence-corrected chi connectivity index (χ2v) is 5.02. The van der Waals surface area contributed by atoms with Gasteiger partial charge in [0.25, 0.3) is 0 Å². The maximum Gasteiger partial charge on any atom is 0.147 e. The van der Waals surface area contributed by atoms with Crippen molar-refractivity contribution in [1.82, 2.24) is 0 Å². The molecule has 1 unspecified atom stereocenters. The Hall–Kier alpha value is 0.130. The Labute approximate surface area is 106 Å². The fraction of sp³-hybridized carbons (Fsp3) is 0.667. The molecule has 0 aromatic rings. The molecule has 1 aliphatic carbocycles. The fourth-order valence-electron chi connectivity index (χ4n) is 1.82. The summed E-state index contributed by atoms with van der Waals surface area (Å²) >= 11 is 2.44. The van der Waals surface area contributed by atoms with E-state index in [1.165, 1.54) is 34.8 Å². The highest BCUT2D eigenvalue weighted by molar-refractivity contribution is 14.1. The first-order valence-corrected chi connectivity index (χ1v) is 6.48. The molecule has 1 atom stereocenters. The maximum absolute atomic E-state index is 5.60. The summed E-state index contributed by atoms with van der Waals surface area (Å²) in [5.74, 6) is 0. The molecule has 1 aliphatic rings. The lowest BCUT2D eigenvalue weighted by Gasteiger charge is -2.18. The van der Waals surface area contributed by atoms with Crippen molar-refractivity contribution < 1.29 is 9.47 Å². The molecule has 86 valence electrons. The van der Waals surface area contributed by atoms with Gasteiger partial charge >= 0.3 is 0 Å². The Morgan fingerprint density at radius 2 is 2.13 bits per heavy atom. The standard InChI is InChI=1S/C12H19IO2/c1-3-12(15-9-14-2)10-7-5-4-6-8-11(10)13/h3,12H,1,4-9H2,2H3. The average Bonchev–Trinajstić information content (AvgIpc) is 2.45. The van der Waals surface area contributed by atoms with Gasteiger partial charge in [0.1, 0.15) is 12.9 Å². The molecule has 3 heteroatoms. The third-order valence-corrected chi connectivity index (χ3v) is 3.85. The Morgan fingerprint density at radius 3 is 2.80 bits per heavy atom. The first-order valence-electron chi connectivity index (χ1n) is 5.40. The number of hydrogen-bond donors (Lipinski definition) is 0. The minimum absolute atomic E-state index is 0.0370. The van der Waals surface area contributed by atoms with E-state index >= 15 is 0 Å². The third-order valence-electron chi connectivity index (χ3n) is 2.61. The molecule has 0 aromatic heterocycles. The van der Waals surface area contributed by atoms with E-state index in [9.17, 15) is 0 Å². The molecule has 0 aliphatic heterocycles. The second-order valence-electron chi connectivity index (χ2n) is 3.72. The fourth-order valence-corrected chi connectivity index (χ4v) is 2.78. The highest BCUT2D eigenvalue weighted by Crippen LogP contribution is 2.31. The van der Waals surface area contributed by atoms with Gasteiger partial charge in [0.05, 0.1) is 0 Å². The zero-order valence-electron chi connectivity index (χ0n) is 9.30. The van der Waals surface area contributed by atoms with Crippen LogP contribution in [0.4, 0.5) is 0 Å². The summed E-state index contributed by atoms with van der Waals surface area (Å²) in [6.45, 7) is 4.17. The number of hydrogen-bond acceptors (Lipinski definition) is 2. The summed E-state index contributed by atoms with van der Waals surface area (Å²) in [4.78, 5) is 0. The van der Waals surface area contributed by atoms with Crippen molar-refractivity contribution in [2.45, 2.75) is 38.2 Å². The minimum Gasteiger partial charge on any atom is -0.359 e. The van der Waals surface area contributed by atoms with E-state index in [0.717, 1.165) is 6.42 Å². The van der Waals surface area contributed by atoms with Gasteiger partial charge in [-0.25, -0.2) is 0 Å². The topological polar surface area (TPSA) is 18.5 Å². The summed E-state index contributed by atoms with van der Waals surface area (Å²) in [6, 6.07) is 0. The lowest BCUT2D eigenvalue weighted by Crippen LogP contribution is -2.15. The number of allylic oxidation sites excluding steroid dienone is 1. The minimum atomic E-state index is 0.0370. The van der Waals surface area contributed by atoms with Crippen molar-refractivity contribution in [3.8, 4) is 0 Å². The SMILES string of the molecule is C=CC(OCOC)C1=C(I)CCCCC1. The van der Waals surface area contributed by atoms with Crippen molar-refractivity contribution in [2.24, 2.45) is 0 Å². The first-order chi connectivity index (χ1) is 7.29. The van der Waals surface area contributed by atoms with E-state index in [4.69, 9.17) is 9.47 Å². The number of rotatable bonds is 5. The molecular weight excluding hydrogens is 303 g/mol. The van der Waals surface area contributed by atoms with Gasteiger partial charge in [0.15, 0.2) is 0 Å². The van der Waals surface area contributed by atoms with Gasteiger partial charge in [-0.05, 0) is 57.4 Å². The van der Waals surface area contributed by atoms with Crippen LogP contribution in [0.5, 0.6) is 0 Å². The molecular formula is C12H19IO2. The summed E-state index contributed by atoms with van der Waals surface area (Å²) in [5, 5.41) is 0. The molecule has 15 heavy (non-hydrogen) atoms. The van der Waals surface area contributed by atoms with Gasteiger partial charge < -0.3 is 9.47 Å². The second kappa shape index (κ2) is 7.41. The van der Waals surface area contributed by atoms with Crippen LogP contribution in [0, 0.1) is 0 Å². The molecule has 0 heterocycles. The van der Waals surface area contributed by atoms with E-state index in [1.807, 2.05) is 6.08 Å². The molecule has 0 fully saturated rings. The number of halogens is 1. The molecule has 0 saturated heterocycles. The van der Waals surface area contributed by atoms with Crippen LogP contribution >= 0.6 is 22.6 Å². The Bertz CT molecular complexity index is 236. The van der Waals surface area contributed by atoms with Gasteiger partial charge in [-0.15, -0.1) is 6.58 Å². The normalized spacial score (nSPS) is 19.9. The van der Waals surface area contributed by atoms with E-state index in [-0.39, 0.29) is 6.10 Å². The molecule has 0 radical (unpaired) electrons. The Kier molecular flexibility index (Phi) is 6.52. The molecule has 0 amide bonds. The number of methoxy groups -OCH3 is 1. The largest absolute Gasteiger partial charge is 0.359 e. The monoisotopic (exact) mass is 322 g/mol. The Morgan fingerprint density at radius 1 is 1.40 bits per heavy atom. The summed E-state index contributed by atoms with van der Waals surface area (Å²) < 4.78 is 12.0. The maximum atomic E-state index is 5.60. The molecule has 0 bridgehead atoms. The summed E-state index contributed by atoms with van der Waals surface area (Å²) in [5.41, 5.74) is 1.40. The molecule has 0 aromatic carbocycles. The van der Waals surface area contributed by atoms with Crippen LogP contribution in [0.2, 0.25) is 0 Å². The van der Waals surface area contributed by atoms with Crippen molar-refractivity contribution in [1.29, 1.82) is 0 Å². The van der Waals surface area contributed by atoms with Gasteiger partial charge in [-0.1, -0.05) is 12.5 Å². The van der Waals surface area contributed by atoms with Crippen LogP contribution in [-0.2, 0) is 9.47 Å². The van der Waals surface area contributed by atoms with Crippen LogP contribution in [-0.4, -0.2) is 20.0 Å².